The Balaban J connectivity index is 1.31. The molecule has 1 saturated carbocycles. The van der Waals surface area contributed by atoms with Crippen LogP contribution in [0.2, 0.25) is 0 Å². The first kappa shape index (κ1) is 23.8. The highest BCUT2D eigenvalue weighted by molar-refractivity contribution is 5.86. The molecule has 2 amide bonds. The summed E-state index contributed by atoms with van der Waals surface area (Å²) in [4.78, 5) is 36.2. The Morgan fingerprint density at radius 2 is 1.62 bits per heavy atom. The molecule has 0 saturated heterocycles. The van der Waals surface area contributed by atoms with Gasteiger partial charge < -0.3 is 20.5 Å². The molecule has 180 valence electrons. The molecule has 1 fully saturated rings. The zero-order chi connectivity index (χ0) is 23.9. The van der Waals surface area contributed by atoms with E-state index in [0.29, 0.717) is 6.54 Å². The number of hydrogen-bond acceptors (Lipinski definition) is 4. The Hall–Kier alpha value is -3.35. The van der Waals surface area contributed by atoms with Gasteiger partial charge in [-0.2, -0.15) is 0 Å². The van der Waals surface area contributed by atoms with E-state index in [2.05, 4.69) is 22.8 Å². The second-order valence-electron chi connectivity index (χ2n) is 9.19. The molecule has 2 aliphatic carbocycles. The van der Waals surface area contributed by atoms with E-state index in [1.165, 1.54) is 19.3 Å². The largest absolute Gasteiger partial charge is 0.481 e. The van der Waals surface area contributed by atoms with Crippen molar-refractivity contribution in [2.75, 3.05) is 13.2 Å². The van der Waals surface area contributed by atoms with Crippen LogP contribution in [0.4, 0.5) is 4.79 Å². The van der Waals surface area contributed by atoms with E-state index in [-0.39, 0.29) is 31.3 Å². The molecule has 0 spiro atoms. The first-order valence-electron chi connectivity index (χ1n) is 12.1. The lowest BCUT2D eigenvalue weighted by atomic mass is 9.98. The van der Waals surface area contributed by atoms with Gasteiger partial charge in [0.25, 0.3) is 0 Å². The van der Waals surface area contributed by atoms with Crippen LogP contribution in [0.15, 0.2) is 48.5 Å². The summed E-state index contributed by atoms with van der Waals surface area (Å²) in [5.41, 5.74) is 4.46. The van der Waals surface area contributed by atoms with Crippen molar-refractivity contribution in [1.82, 2.24) is 10.6 Å². The molecule has 0 radical (unpaired) electrons. The Bertz CT molecular complexity index is 988. The number of carbonyl (C=O) groups excluding carboxylic acids is 2. The molecule has 1 atom stereocenters. The number of rotatable bonds is 12. The first-order valence-corrected chi connectivity index (χ1v) is 12.1. The minimum Gasteiger partial charge on any atom is -0.481 e. The summed E-state index contributed by atoms with van der Waals surface area (Å²) in [6.45, 7) is 0.649. The van der Waals surface area contributed by atoms with Crippen molar-refractivity contribution in [2.45, 2.75) is 56.9 Å². The molecule has 7 nitrogen and oxygen atoms in total. The van der Waals surface area contributed by atoms with Gasteiger partial charge >= 0.3 is 12.1 Å². The molecule has 3 N–H and O–H groups in total. The van der Waals surface area contributed by atoms with Gasteiger partial charge in [-0.1, -0.05) is 74.2 Å². The second-order valence-corrected chi connectivity index (χ2v) is 9.19. The van der Waals surface area contributed by atoms with Crippen LogP contribution >= 0.6 is 0 Å². The topological polar surface area (TPSA) is 105 Å². The van der Waals surface area contributed by atoms with Gasteiger partial charge in [-0.25, -0.2) is 4.79 Å². The molecule has 7 heteroatoms. The number of amides is 2. The number of carbonyl (C=O) groups is 3. The second kappa shape index (κ2) is 11.2. The molecule has 0 bridgehead atoms. The molecule has 0 aromatic heterocycles. The highest BCUT2D eigenvalue weighted by Crippen LogP contribution is 2.44. The molecule has 2 aromatic rings. The summed E-state index contributed by atoms with van der Waals surface area (Å²) in [5.74, 6) is -0.622. The number of alkyl carbamates (subject to hydrolysis) is 1. The number of hydrogen-bond donors (Lipinski definition) is 3. The molecule has 4 rings (SSSR count). The van der Waals surface area contributed by atoms with Gasteiger partial charge in [-0.05, 0) is 41.0 Å². The molecule has 2 aliphatic rings. The maximum Gasteiger partial charge on any atom is 0.407 e. The number of carboxylic acids is 1. The standard InChI is InChI=1S/C27H32N2O5/c30-25(31)15-14-24(26(32)28-16-6-5-7-18-12-13-18)29-27(33)34-17-23-21-10-3-1-8-19(21)20-9-2-4-11-22(20)23/h1-4,8-11,18,23-24H,5-7,12-17H2,(H,28,32)(H,29,33)(H,30,31). The third-order valence-electron chi connectivity index (χ3n) is 6.63. The highest BCUT2D eigenvalue weighted by Gasteiger charge is 2.30. The van der Waals surface area contributed by atoms with Crippen LogP contribution in [0.3, 0.4) is 0 Å². The number of benzene rings is 2. The van der Waals surface area contributed by atoms with Crippen LogP contribution in [0.5, 0.6) is 0 Å². The third-order valence-corrected chi connectivity index (χ3v) is 6.63. The van der Waals surface area contributed by atoms with Gasteiger partial charge in [0.05, 0.1) is 0 Å². The fourth-order valence-corrected chi connectivity index (χ4v) is 4.62. The van der Waals surface area contributed by atoms with Crippen LogP contribution in [-0.4, -0.2) is 42.3 Å². The zero-order valence-electron chi connectivity index (χ0n) is 19.3. The monoisotopic (exact) mass is 464 g/mol. The Morgan fingerprint density at radius 3 is 2.24 bits per heavy atom. The summed E-state index contributed by atoms with van der Waals surface area (Å²) in [7, 11) is 0. The van der Waals surface area contributed by atoms with Crippen LogP contribution in [0.25, 0.3) is 11.1 Å². The number of fused-ring (bicyclic) bond motifs is 3. The number of ether oxygens (including phenoxy) is 1. The number of nitrogens with one attached hydrogen (secondary N) is 2. The van der Waals surface area contributed by atoms with Gasteiger partial charge in [0.15, 0.2) is 0 Å². The summed E-state index contributed by atoms with van der Waals surface area (Å²) in [5, 5.41) is 14.4. The minimum absolute atomic E-state index is 0.00738. The first-order chi connectivity index (χ1) is 16.5. The fraction of sp³-hybridized carbons (Fsp3) is 0.444. The average molecular weight is 465 g/mol. The van der Waals surface area contributed by atoms with Gasteiger partial charge in [-0.15, -0.1) is 0 Å². The van der Waals surface area contributed by atoms with Gasteiger partial charge in [0, 0.05) is 18.9 Å². The van der Waals surface area contributed by atoms with Crippen molar-refractivity contribution in [2.24, 2.45) is 5.92 Å². The molecule has 0 heterocycles. The predicted molar refractivity (Wildman–Crippen MR) is 128 cm³/mol. The van der Waals surface area contributed by atoms with E-state index in [1.807, 2.05) is 36.4 Å². The Labute approximate surface area is 199 Å². The molecule has 2 aromatic carbocycles. The van der Waals surface area contributed by atoms with Crippen molar-refractivity contribution >= 4 is 18.0 Å². The summed E-state index contributed by atoms with van der Waals surface area (Å²) in [6.07, 6.45) is 4.82. The number of aliphatic carboxylic acids is 1. The lowest BCUT2D eigenvalue weighted by Crippen LogP contribution is -2.47. The van der Waals surface area contributed by atoms with E-state index < -0.39 is 18.1 Å². The Morgan fingerprint density at radius 1 is 0.971 bits per heavy atom. The minimum atomic E-state index is -1.02. The van der Waals surface area contributed by atoms with Crippen LogP contribution in [0.1, 0.15) is 62.0 Å². The molecule has 1 unspecified atom stereocenters. The van der Waals surface area contributed by atoms with Crippen LogP contribution < -0.4 is 10.6 Å². The van der Waals surface area contributed by atoms with Crippen molar-refractivity contribution in [3.05, 3.63) is 59.7 Å². The smallest absolute Gasteiger partial charge is 0.407 e. The maximum absolute atomic E-state index is 12.6. The van der Waals surface area contributed by atoms with Crippen LogP contribution in [-0.2, 0) is 14.3 Å². The lowest BCUT2D eigenvalue weighted by Gasteiger charge is -2.19. The predicted octanol–water partition coefficient (Wildman–Crippen LogP) is 4.46. The van der Waals surface area contributed by atoms with E-state index >= 15 is 0 Å². The highest BCUT2D eigenvalue weighted by atomic mass is 16.5. The normalized spacial score (nSPS) is 15.2. The van der Waals surface area contributed by atoms with Crippen molar-refractivity contribution < 1.29 is 24.2 Å². The van der Waals surface area contributed by atoms with Gasteiger partial charge in [0.2, 0.25) is 5.91 Å². The van der Waals surface area contributed by atoms with E-state index in [9.17, 15) is 14.4 Å². The van der Waals surface area contributed by atoms with E-state index in [0.717, 1.165) is 41.0 Å². The number of unbranched alkanes of at least 4 members (excludes halogenated alkanes) is 1. The average Bonchev–Trinajstić information content (AvgIpc) is 3.61. The van der Waals surface area contributed by atoms with Gasteiger partial charge in [0.1, 0.15) is 12.6 Å². The third kappa shape index (κ3) is 6.16. The lowest BCUT2D eigenvalue weighted by molar-refractivity contribution is -0.137. The summed E-state index contributed by atoms with van der Waals surface area (Å²) >= 11 is 0. The molecule has 34 heavy (non-hydrogen) atoms. The maximum atomic E-state index is 12.6. The van der Waals surface area contributed by atoms with Crippen molar-refractivity contribution in [1.29, 1.82) is 0 Å². The summed E-state index contributed by atoms with van der Waals surface area (Å²) in [6, 6.07) is 15.2. The zero-order valence-corrected chi connectivity index (χ0v) is 19.3. The molecule has 0 aliphatic heterocycles. The van der Waals surface area contributed by atoms with E-state index in [1.54, 1.807) is 0 Å². The van der Waals surface area contributed by atoms with Crippen LogP contribution in [0, 0.1) is 5.92 Å². The Kier molecular flexibility index (Phi) is 7.83. The van der Waals surface area contributed by atoms with Crippen molar-refractivity contribution in [3.8, 4) is 11.1 Å². The molecular formula is C27H32N2O5. The number of carboxylic acid groups (broad SMARTS) is 1. The van der Waals surface area contributed by atoms with Crippen molar-refractivity contribution in [3.63, 3.8) is 0 Å². The van der Waals surface area contributed by atoms with Gasteiger partial charge in [-0.3, -0.25) is 9.59 Å². The van der Waals surface area contributed by atoms with E-state index in [4.69, 9.17) is 9.84 Å². The SMILES string of the molecule is O=C(O)CCC(NC(=O)OCC1c2ccccc2-c2ccccc21)C(=O)NCCCCC1CC1. The fourth-order valence-electron chi connectivity index (χ4n) is 4.62. The quantitative estimate of drug-likeness (QED) is 0.403. The summed E-state index contributed by atoms with van der Waals surface area (Å²) < 4.78 is 5.53. The molecular weight excluding hydrogens is 432 g/mol.